The molecule has 11 aromatic carbocycles. The summed E-state index contributed by atoms with van der Waals surface area (Å²) in [6, 6.07) is 97.7. The van der Waals surface area contributed by atoms with E-state index in [1.807, 2.05) is 0 Å². The molecular formula is C66H47N. The van der Waals surface area contributed by atoms with Crippen LogP contribution in [0.5, 0.6) is 0 Å². The highest BCUT2D eigenvalue weighted by Crippen LogP contribution is 2.55. The minimum absolute atomic E-state index is 0.274. The van der Waals surface area contributed by atoms with Gasteiger partial charge in [0.05, 0.1) is 0 Å². The van der Waals surface area contributed by atoms with Crippen LogP contribution >= 0.6 is 0 Å². The molecule has 0 heterocycles. The highest BCUT2D eigenvalue weighted by molar-refractivity contribution is 5.95. The summed E-state index contributed by atoms with van der Waals surface area (Å²) in [5.74, 6) is 0. The van der Waals surface area contributed by atoms with Gasteiger partial charge in [0.1, 0.15) is 0 Å². The Hall–Kier alpha value is -8.52. The molecule has 0 aliphatic heterocycles. The first kappa shape index (κ1) is 40.0. The molecule has 0 radical (unpaired) electrons. The van der Waals surface area contributed by atoms with E-state index < -0.39 is 0 Å². The second-order valence-electron chi connectivity index (χ2n) is 17.8. The first-order valence-corrected chi connectivity index (χ1v) is 23.2. The molecule has 1 atom stereocenters. The van der Waals surface area contributed by atoms with Crippen molar-refractivity contribution in [3.63, 3.8) is 0 Å². The molecule has 1 heteroatoms. The highest BCUT2D eigenvalue weighted by Gasteiger charge is 2.41. The minimum atomic E-state index is -0.274. The van der Waals surface area contributed by atoms with E-state index in [-0.39, 0.29) is 5.41 Å². The Balaban J connectivity index is 0.951. The van der Waals surface area contributed by atoms with Crippen LogP contribution in [0.4, 0.5) is 17.1 Å². The van der Waals surface area contributed by atoms with Crippen LogP contribution in [0.2, 0.25) is 0 Å². The molecule has 0 aromatic heterocycles. The Kier molecular flexibility index (Phi) is 10.0. The van der Waals surface area contributed by atoms with Gasteiger partial charge in [-0.25, -0.2) is 0 Å². The number of fused-ring (bicyclic) bond motifs is 4. The SMILES string of the molecule is CC1(c2ccccc2)c2ccccc2-c2c(-c3cccc(N(c4ccc(-c5ccc(-c6ccc7ccccc7c6)cc5)cc4)c4cccc(-c5cccc(-c6ccccc6)c5)c4)c3)cccc21. The van der Waals surface area contributed by atoms with Crippen LogP contribution in [0.3, 0.4) is 0 Å². The van der Waals surface area contributed by atoms with Crippen molar-refractivity contribution in [3.05, 3.63) is 284 Å². The maximum atomic E-state index is 2.41. The lowest BCUT2D eigenvalue weighted by atomic mass is 9.74. The second-order valence-corrected chi connectivity index (χ2v) is 17.8. The summed E-state index contributed by atoms with van der Waals surface area (Å²) < 4.78 is 0. The van der Waals surface area contributed by atoms with Crippen molar-refractivity contribution >= 4 is 27.8 Å². The number of hydrogen-bond acceptors (Lipinski definition) is 1. The summed E-state index contributed by atoms with van der Waals surface area (Å²) in [4.78, 5) is 2.41. The number of nitrogens with zero attached hydrogens (tertiary/aromatic N) is 1. The average Bonchev–Trinajstić information content (AvgIpc) is 3.68. The Labute approximate surface area is 393 Å². The van der Waals surface area contributed by atoms with Crippen LogP contribution in [-0.4, -0.2) is 0 Å². The smallest absolute Gasteiger partial charge is 0.0467 e. The van der Waals surface area contributed by atoms with Crippen LogP contribution in [-0.2, 0) is 5.41 Å². The summed E-state index contributed by atoms with van der Waals surface area (Å²) in [6.45, 7) is 2.39. The normalized spacial score (nSPS) is 13.8. The fourth-order valence-electron chi connectivity index (χ4n) is 10.5. The highest BCUT2D eigenvalue weighted by atomic mass is 15.1. The van der Waals surface area contributed by atoms with Gasteiger partial charge in [0.25, 0.3) is 0 Å². The zero-order valence-corrected chi connectivity index (χ0v) is 37.4. The Morgan fingerprint density at radius 3 is 1.45 bits per heavy atom. The molecule has 1 nitrogen and oxygen atoms in total. The van der Waals surface area contributed by atoms with E-state index in [0.717, 1.165) is 22.6 Å². The molecule has 1 aliphatic rings. The van der Waals surface area contributed by atoms with Crippen molar-refractivity contribution in [2.45, 2.75) is 12.3 Å². The maximum absolute atomic E-state index is 2.41. The van der Waals surface area contributed by atoms with Gasteiger partial charge in [-0.15, -0.1) is 0 Å². The predicted molar refractivity (Wildman–Crippen MR) is 283 cm³/mol. The Bertz CT molecular complexity index is 3570. The average molecular weight is 854 g/mol. The first-order valence-electron chi connectivity index (χ1n) is 23.2. The van der Waals surface area contributed by atoms with Crippen LogP contribution < -0.4 is 4.90 Å². The lowest BCUT2D eigenvalue weighted by Gasteiger charge is -2.28. The molecule has 12 rings (SSSR count). The van der Waals surface area contributed by atoms with Gasteiger partial charge in [-0.1, -0.05) is 218 Å². The zero-order chi connectivity index (χ0) is 44.7. The van der Waals surface area contributed by atoms with Crippen molar-refractivity contribution in [1.29, 1.82) is 0 Å². The summed E-state index contributed by atoms with van der Waals surface area (Å²) in [5.41, 5.74) is 21.6. The van der Waals surface area contributed by atoms with Crippen molar-refractivity contribution in [2.24, 2.45) is 0 Å². The molecular weight excluding hydrogens is 807 g/mol. The van der Waals surface area contributed by atoms with Crippen LogP contribution in [0.1, 0.15) is 23.6 Å². The lowest BCUT2D eigenvalue weighted by molar-refractivity contribution is 0.714. The summed E-state index contributed by atoms with van der Waals surface area (Å²) >= 11 is 0. The van der Waals surface area contributed by atoms with E-state index in [4.69, 9.17) is 0 Å². The molecule has 316 valence electrons. The molecule has 11 aromatic rings. The van der Waals surface area contributed by atoms with E-state index in [0.29, 0.717) is 0 Å². The monoisotopic (exact) mass is 853 g/mol. The fourth-order valence-corrected chi connectivity index (χ4v) is 10.5. The van der Waals surface area contributed by atoms with Gasteiger partial charge in [0, 0.05) is 22.5 Å². The Morgan fingerprint density at radius 2 is 0.716 bits per heavy atom. The first-order chi connectivity index (χ1) is 33.1. The van der Waals surface area contributed by atoms with E-state index in [9.17, 15) is 0 Å². The summed E-state index contributed by atoms with van der Waals surface area (Å²) in [5, 5.41) is 2.51. The van der Waals surface area contributed by atoms with Gasteiger partial charge in [-0.05, 0) is 150 Å². The maximum Gasteiger partial charge on any atom is 0.0467 e. The largest absolute Gasteiger partial charge is 0.310 e. The van der Waals surface area contributed by atoms with Crippen molar-refractivity contribution in [2.75, 3.05) is 4.90 Å². The molecule has 0 saturated heterocycles. The van der Waals surface area contributed by atoms with Crippen LogP contribution in [0, 0.1) is 0 Å². The Morgan fingerprint density at radius 1 is 0.269 bits per heavy atom. The van der Waals surface area contributed by atoms with Gasteiger partial charge >= 0.3 is 0 Å². The minimum Gasteiger partial charge on any atom is -0.310 e. The topological polar surface area (TPSA) is 3.24 Å². The van der Waals surface area contributed by atoms with Gasteiger partial charge < -0.3 is 4.90 Å². The molecule has 0 amide bonds. The van der Waals surface area contributed by atoms with Crippen molar-refractivity contribution < 1.29 is 0 Å². The lowest BCUT2D eigenvalue weighted by Crippen LogP contribution is -2.22. The number of rotatable bonds is 9. The van der Waals surface area contributed by atoms with Gasteiger partial charge in [0.2, 0.25) is 0 Å². The van der Waals surface area contributed by atoms with E-state index >= 15 is 0 Å². The number of anilines is 3. The fraction of sp³-hybridized carbons (Fsp3) is 0.0303. The molecule has 0 fully saturated rings. The third kappa shape index (κ3) is 7.23. The molecule has 0 N–H and O–H groups in total. The molecule has 0 saturated carbocycles. The van der Waals surface area contributed by atoms with E-state index in [1.54, 1.807) is 0 Å². The molecule has 0 spiro atoms. The predicted octanol–water partition coefficient (Wildman–Crippen LogP) is 18.0. The molecule has 1 aliphatic carbocycles. The van der Waals surface area contributed by atoms with Crippen LogP contribution in [0.25, 0.3) is 77.5 Å². The van der Waals surface area contributed by atoms with Crippen LogP contribution in [0.15, 0.2) is 267 Å². The molecule has 67 heavy (non-hydrogen) atoms. The van der Waals surface area contributed by atoms with E-state index in [2.05, 4.69) is 279 Å². The van der Waals surface area contributed by atoms with E-state index in [1.165, 1.54) is 88.7 Å². The molecule has 0 bridgehead atoms. The third-order valence-corrected chi connectivity index (χ3v) is 13.9. The third-order valence-electron chi connectivity index (χ3n) is 13.9. The van der Waals surface area contributed by atoms with Crippen molar-refractivity contribution in [1.82, 2.24) is 0 Å². The standard InChI is InChI=1S/C66H47N/c1-66(57-24-6-3-7-25-57)63-30-11-10-28-62(63)65-61(29-15-31-64(65)66)56-23-14-27-60(45-56)67(59-26-13-22-54(44-59)53-21-12-20-52(42-53)46-16-4-2-5-17-46)58-40-38-49(39-41-58)48-32-34-50(35-33-48)55-37-36-47-18-8-9-19-51(47)43-55/h2-45H,1H3. The van der Waals surface area contributed by atoms with Gasteiger partial charge in [-0.2, -0.15) is 0 Å². The quantitative estimate of drug-likeness (QED) is 0.140. The number of hydrogen-bond donors (Lipinski definition) is 0. The van der Waals surface area contributed by atoms with Gasteiger partial charge in [-0.3, -0.25) is 0 Å². The second kappa shape index (κ2) is 16.8. The zero-order valence-electron chi connectivity index (χ0n) is 37.4. The number of benzene rings is 11. The summed E-state index contributed by atoms with van der Waals surface area (Å²) in [7, 11) is 0. The van der Waals surface area contributed by atoms with Crippen molar-refractivity contribution in [3.8, 4) is 66.8 Å². The molecule has 1 unspecified atom stereocenters. The summed E-state index contributed by atoms with van der Waals surface area (Å²) in [6.07, 6.45) is 0. The van der Waals surface area contributed by atoms with Gasteiger partial charge in [0.15, 0.2) is 0 Å².